The number of nitrogens with zero attached hydrogens (tertiary/aromatic N) is 6. The van der Waals surface area contributed by atoms with Gasteiger partial charge < -0.3 is 24.5 Å². The van der Waals surface area contributed by atoms with Gasteiger partial charge in [-0.15, -0.1) is 10.2 Å². The third kappa shape index (κ3) is 6.82. The summed E-state index contributed by atoms with van der Waals surface area (Å²) in [4.78, 5) is 10.9. The van der Waals surface area contributed by atoms with Gasteiger partial charge in [0.15, 0.2) is 5.82 Å². The van der Waals surface area contributed by atoms with Crippen molar-refractivity contribution in [2.24, 2.45) is 17.6 Å². The first-order valence-corrected chi connectivity index (χ1v) is 15.1. The van der Waals surface area contributed by atoms with E-state index in [9.17, 15) is 8.42 Å². The molecule has 0 aliphatic heterocycles. The van der Waals surface area contributed by atoms with E-state index in [1.165, 1.54) is 7.05 Å². The van der Waals surface area contributed by atoms with Crippen molar-refractivity contribution in [1.29, 1.82) is 0 Å². The first-order chi connectivity index (χ1) is 18.8. The molecule has 14 heteroatoms. The quantitative estimate of drug-likeness (QED) is 0.311. The van der Waals surface area contributed by atoms with E-state index in [1.807, 2.05) is 6.07 Å². The normalized spacial score (nSPS) is 18.3. The fraction of sp³-hybridized carbons (Fsp3) is 0.538. The minimum Gasteiger partial charge on any atom is -0.481 e. The average molecular weight is 594 g/mol. The van der Waals surface area contributed by atoms with Gasteiger partial charge >= 0.3 is 0 Å². The van der Waals surface area contributed by atoms with Crippen LogP contribution in [0.1, 0.15) is 31.7 Å². The van der Waals surface area contributed by atoms with Crippen molar-refractivity contribution in [1.82, 2.24) is 20.2 Å². The molecule has 0 unspecified atom stereocenters. The highest BCUT2D eigenvalue weighted by atomic mass is 35.5. The molecule has 1 saturated carbocycles. The van der Waals surface area contributed by atoms with Crippen molar-refractivity contribution in [3.63, 3.8) is 0 Å². The highest BCUT2D eigenvalue weighted by Crippen LogP contribution is 2.41. The first-order valence-electron chi connectivity index (χ1n) is 12.8. The Balaban J connectivity index is 1.75. The van der Waals surface area contributed by atoms with Crippen LogP contribution in [-0.2, 0) is 26.7 Å². The topological polar surface area (TPSA) is 150 Å². The molecule has 0 aromatic carbocycles. The molecule has 3 atom stereocenters. The summed E-state index contributed by atoms with van der Waals surface area (Å²) in [6.07, 6.45) is 4.21. The predicted molar refractivity (Wildman–Crippen MR) is 153 cm³/mol. The van der Waals surface area contributed by atoms with Crippen molar-refractivity contribution < 1.29 is 22.3 Å². The molecule has 12 nitrogen and oxygen atoms in total. The van der Waals surface area contributed by atoms with Gasteiger partial charge in [0.2, 0.25) is 27.7 Å². The van der Waals surface area contributed by atoms with E-state index < -0.39 is 15.6 Å². The highest BCUT2D eigenvalue weighted by Gasteiger charge is 2.35. The fourth-order valence-corrected chi connectivity index (χ4v) is 5.16. The zero-order valence-electron chi connectivity index (χ0n) is 23.6. The first kappa shape index (κ1) is 30.0. The van der Waals surface area contributed by atoms with Crippen LogP contribution in [0.3, 0.4) is 0 Å². The maximum absolute atomic E-state index is 12.5. The van der Waals surface area contributed by atoms with Crippen LogP contribution in [0.4, 0.5) is 11.6 Å². The molecule has 40 heavy (non-hydrogen) atoms. The molecule has 3 heterocycles. The minimum atomic E-state index is -3.67. The smallest absolute Gasteiger partial charge is 0.249 e. The van der Waals surface area contributed by atoms with E-state index in [1.54, 1.807) is 39.5 Å². The summed E-state index contributed by atoms with van der Waals surface area (Å²) in [6.45, 7) is 5.75. The zero-order chi connectivity index (χ0) is 29.2. The Morgan fingerprint density at radius 1 is 1.27 bits per heavy atom. The number of hydrogen-bond donors (Lipinski definition) is 1. The van der Waals surface area contributed by atoms with Crippen LogP contribution in [0.2, 0.25) is 5.02 Å². The van der Waals surface area contributed by atoms with Crippen molar-refractivity contribution in [2.75, 3.05) is 56.4 Å². The lowest BCUT2D eigenvalue weighted by molar-refractivity contribution is 0.204. The number of ether oxygens (including phenoxy) is 2. The summed E-state index contributed by atoms with van der Waals surface area (Å²) < 4.78 is 42.6. The van der Waals surface area contributed by atoms with Gasteiger partial charge in [-0.2, -0.15) is 0 Å². The van der Waals surface area contributed by atoms with E-state index in [0.29, 0.717) is 48.7 Å². The second-order valence-electron chi connectivity index (χ2n) is 10.5. The number of sulfonamides is 1. The Hall–Kier alpha value is -3.00. The second-order valence-corrected chi connectivity index (χ2v) is 12.9. The maximum atomic E-state index is 12.5. The number of methoxy groups -OCH3 is 2. The van der Waals surface area contributed by atoms with Gasteiger partial charge in [0.05, 0.1) is 36.1 Å². The summed E-state index contributed by atoms with van der Waals surface area (Å²) in [5.41, 5.74) is 6.82. The Morgan fingerprint density at radius 2 is 2.00 bits per heavy atom. The zero-order valence-corrected chi connectivity index (χ0v) is 25.2. The Labute approximate surface area is 239 Å². The maximum Gasteiger partial charge on any atom is 0.249 e. The molecule has 1 fully saturated rings. The van der Waals surface area contributed by atoms with Crippen LogP contribution in [-0.4, -0.2) is 75.8 Å². The van der Waals surface area contributed by atoms with Gasteiger partial charge in [-0.25, -0.2) is 18.4 Å². The lowest BCUT2D eigenvalue weighted by Gasteiger charge is -2.26. The summed E-state index contributed by atoms with van der Waals surface area (Å²) >= 11 is 6.76. The molecule has 0 saturated heterocycles. The van der Waals surface area contributed by atoms with Crippen LogP contribution in [0.15, 0.2) is 28.8 Å². The van der Waals surface area contributed by atoms with Gasteiger partial charge in [-0.05, 0) is 49.3 Å². The van der Waals surface area contributed by atoms with Crippen molar-refractivity contribution in [2.45, 2.75) is 32.2 Å². The molecule has 0 spiro atoms. The van der Waals surface area contributed by atoms with E-state index in [4.69, 9.17) is 31.2 Å². The molecule has 1 aliphatic rings. The third-order valence-electron chi connectivity index (χ3n) is 7.07. The number of pyridine rings is 2. The van der Waals surface area contributed by atoms with Gasteiger partial charge in [-0.1, -0.05) is 18.5 Å². The number of aromatic nitrogens is 4. The number of anilines is 2. The molecule has 3 aromatic heterocycles. The van der Waals surface area contributed by atoms with E-state index in [2.05, 4.69) is 32.0 Å². The molecule has 218 valence electrons. The van der Waals surface area contributed by atoms with Crippen LogP contribution < -0.4 is 19.7 Å². The van der Waals surface area contributed by atoms with Crippen LogP contribution in [0, 0.1) is 11.8 Å². The van der Waals surface area contributed by atoms with Gasteiger partial charge in [0.25, 0.3) is 0 Å². The molecule has 0 radical (unpaired) electrons. The largest absolute Gasteiger partial charge is 0.481 e. The SMILES string of the molecule is COCCN(C[C@H]1C[C@@H]1C)c1cc(-c2nnc([C@](C)(N)Cc3ccnc(OC)c3)o2)c(Cl)c(N(C)S(C)(=O)=O)n1. The lowest BCUT2D eigenvalue weighted by atomic mass is 9.94. The number of rotatable bonds is 13. The van der Waals surface area contributed by atoms with E-state index in [0.717, 1.165) is 29.1 Å². The summed E-state index contributed by atoms with van der Waals surface area (Å²) in [5.74, 6) is 2.46. The average Bonchev–Trinajstić information content (AvgIpc) is 3.36. The Morgan fingerprint density at radius 3 is 2.62 bits per heavy atom. The third-order valence-corrected chi connectivity index (χ3v) is 8.61. The van der Waals surface area contributed by atoms with E-state index >= 15 is 0 Å². The highest BCUT2D eigenvalue weighted by molar-refractivity contribution is 7.92. The van der Waals surface area contributed by atoms with Crippen LogP contribution >= 0.6 is 11.6 Å². The van der Waals surface area contributed by atoms with Gasteiger partial charge in [0.1, 0.15) is 5.82 Å². The second kappa shape index (κ2) is 11.9. The van der Waals surface area contributed by atoms with Gasteiger partial charge in [0, 0.05) is 39.5 Å². The van der Waals surface area contributed by atoms with Crippen LogP contribution in [0.25, 0.3) is 11.5 Å². The molecular weight excluding hydrogens is 558 g/mol. The summed E-state index contributed by atoms with van der Waals surface area (Å²) in [5, 5.41) is 8.53. The molecule has 1 aliphatic carbocycles. The fourth-order valence-electron chi connectivity index (χ4n) is 4.36. The minimum absolute atomic E-state index is 0.0575. The van der Waals surface area contributed by atoms with Gasteiger partial charge in [-0.3, -0.25) is 4.31 Å². The van der Waals surface area contributed by atoms with Crippen molar-refractivity contribution in [3.05, 3.63) is 40.9 Å². The standard InChI is InChI=1S/C26H36ClN7O5S/c1-16-11-18(16)15-34(9-10-37-4)20-13-19(22(27)23(30-20)33(3)40(6,35)36)24-31-32-25(39-24)26(2,28)14-17-7-8-29-21(12-17)38-5/h7-8,12-13,16,18H,9-11,14-15,28H2,1-6H3/t16-,18+,26+/m0/s1. The Bertz CT molecular complexity index is 1450. The molecule has 0 amide bonds. The lowest BCUT2D eigenvalue weighted by Crippen LogP contribution is -2.36. The molecule has 4 rings (SSSR count). The number of halogens is 1. The van der Waals surface area contributed by atoms with Crippen LogP contribution in [0.5, 0.6) is 5.88 Å². The summed E-state index contributed by atoms with van der Waals surface area (Å²) in [7, 11) is 0.904. The molecule has 2 N–H and O–H groups in total. The number of nitrogens with two attached hydrogens (primary N) is 1. The summed E-state index contributed by atoms with van der Waals surface area (Å²) in [6, 6.07) is 5.36. The molecule has 0 bridgehead atoms. The molecular formula is C26H36ClN7O5S. The van der Waals surface area contributed by atoms with Crippen molar-refractivity contribution >= 4 is 33.3 Å². The monoisotopic (exact) mass is 593 g/mol. The predicted octanol–water partition coefficient (Wildman–Crippen LogP) is 3.11. The molecule has 3 aromatic rings. The van der Waals surface area contributed by atoms with E-state index in [-0.39, 0.29) is 22.6 Å². The Kier molecular flexibility index (Phi) is 8.88. The van der Waals surface area contributed by atoms with Crippen molar-refractivity contribution in [3.8, 4) is 17.3 Å². The number of hydrogen-bond acceptors (Lipinski definition) is 11.